The highest BCUT2D eigenvalue weighted by Gasteiger charge is 2.17. The van der Waals surface area contributed by atoms with Crippen molar-refractivity contribution in [2.24, 2.45) is 7.05 Å². The molecule has 2 aromatic rings. The third-order valence-corrected chi connectivity index (χ3v) is 4.27. The zero-order valence-electron chi connectivity index (χ0n) is 12.0. The Balaban J connectivity index is 2.15. The molecule has 0 bridgehead atoms. The summed E-state index contributed by atoms with van der Waals surface area (Å²) in [4.78, 5) is 25.1. The van der Waals surface area contributed by atoms with Gasteiger partial charge in [-0.3, -0.25) is 15.0 Å². The molecule has 0 aliphatic heterocycles. The van der Waals surface area contributed by atoms with Gasteiger partial charge in [0, 0.05) is 18.8 Å². The number of rotatable bonds is 5. The van der Waals surface area contributed by atoms with Gasteiger partial charge in [0.1, 0.15) is 5.69 Å². The summed E-state index contributed by atoms with van der Waals surface area (Å²) >= 11 is 0. The summed E-state index contributed by atoms with van der Waals surface area (Å²) in [6, 6.07) is 8.79. The second kappa shape index (κ2) is 6.12. The smallest absolute Gasteiger partial charge is 0.282 e. The van der Waals surface area contributed by atoms with Gasteiger partial charge in [-0.05, 0) is 31.2 Å². The van der Waals surface area contributed by atoms with Gasteiger partial charge in [0.25, 0.3) is 15.9 Å². The molecule has 116 valence electrons. The highest BCUT2D eigenvalue weighted by Crippen LogP contribution is 2.11. The lowest BCUT2D eigenvalue weighted by Gasteiger charge is -2.09. The Morgan fingerprint density at radius 3 is 2.45 bits per heavy atom. The summed E-state index contributed by atoms with van der Waals surface area (Å²) in [6.07, 6.45) is 1.67. The molecule has 0 atom stereocenters. The van der Waals surface area contributed by atoms with Crippen LogP contribution in [-0.4, -0.2) is 24.7 Å². The molecule has 1 aromatic heterocycles. The Bertz CT molecular complexity index is 824. The van der Waals surface area contributed by atoms with Crippen LogP contribution in [0.1, 0.15) is 27.8 Å². The first kappa shape index (κ1) is 15.9. The average Bonchev–Trinajstić information content (AvgIpc) is 2.91. The number of carbonyl (C=O) groups is 2. The third kappa shape index (κ3) is 3.41. The number of aryl methyl sites for hydroxylation is 1. The molecule has 8 heteroatoms. The number of Topliss-reactive ketones (excluding diaryl/α,β-unsaturated/α-hetero) is 1. The number of ketones is 1. The first-order valence-electron chi connectivity index (χ1n) is 6.36. The fourth-order valence-electron chi connectivity index (χ4n) is 1.82. The highest BCUT2D eigenvalue weighted by atomic mass is 32.2. The predicted octanol–water partition coefficient (Wildman–Crippen LogP) is 0.851. The molecule has 2 N–H and O–H groups in total. The molecule has 1 heterocycles. The average molecular weight is 321 g/mol. The molecule has 0 saturated carbocycles. The van der Waals surface area contributed by atoms with Crippen molar-refractivity contribution in [2.75, 3.05) is 0 Å². The van der Waals surface area contributed by atoms with E-state index in [1.165, 1.54) is 31.2 Å². The molecule has 2 rings (SSSR count). The molecule has 7 nitrogen and oxygen atoms in total. The lowest BCUT2D eigenvalue weighted by Crippen LogP contribution is -2.42. The van der Waals surface area contributed by atoms with Crippen molar-refractivity contribution in [1.82, 2.24) is 14.8 Å². The third-order valence-electron chi connectivity index (χ3n) is 3.03. The number of aromatic nitrogens is 1. The maximum absolute atomic E-state index is 12.1. The summed E-state index contributed by atoms with van der Waals surface area (Å²) in [5, 5.41) is 0. The monoisotopic (exact) mass is 321 g/mol. The van der Waals surface area contributed by atoms with Gasteiger partial charge >= 0.3 is 0 Å². The molecule has 0 unspecified atom stereocenters. The molecule has 0 radical (unpaired) electrons. The van der Waals surface area contributed by atoms with Gasteiger partial charge in [0.15, 0.2) is 5.78 Å². The number of amides is 1. The highest BCUT2D eigenvalue weighted by molar-refractivity contribution is 7.89. The number of hydrazine groups is 1. The Morgan fingerprint density at radius 2 is 1.86 bits per heavy atom. The second-order valence-corrected chi connectivity index (χ2v) is 6.33. The zero-order chi connectivity index (χ0) is 16.3. The van der Waals surface area contributed by atoms with E-state index in [1.807, 2.05) is 4.83 Å². The van der Waals surface area contributed by atoms with Gasteiger partial charge in [0.2, 0.25) is 0 Å². The minimum absolute atomic E-state index is 0.104. The number of benzene rings is 1. The molecular weight excluding hydrogens is 306 g/mol. The molecular formula is C14H15N3O4S. The van der Waals surface area contributed by atoms with Crippen LogP contribution in [-0.2, 0) is 17.1 Å². The molecule has 0 aliphatic rings. The van der Waals surface area contributed by atoms with Crippen LogP contribution in [0.2, 0.25) is 0 Å². The maximum Gasteiger partial charge on any atom is 0.282 e. The summed E-state index contributed by atoms with van der Waals surface area (Å²) in [7, 11) is -2.29. The van der Waals surface area contributed by atoms with Crippen LogP contribution in [0.15, 0.2) is 47.5 Å². The Labute approximate surface area is 128 Å². The van der Waals surface area contributed by atoms with Crippen molar-refractivity contribution in [3.63, 3.8) is 0 Å². The van der Waals surface area contributed by atoms with E-state index in [4.69, 9.17) is 0 Å². The summed E-state index contributed by atoms with van der Waals surface area (Å²) < 4.78 is 25.8. The van der Waals surface area contributed by atoms with Crippen molar-refractivity contribution in [1.29, 1.82) is 0 Å². The largest absolute Gasteiger partial charge is 0.347 e. The van der Waals surface area contributed by atoms with Crippen molar-refractivity contribution in [3.8, 4) is 0 Å². The van der Waals surface area contributed by atoms with E-state index in [2.05, 4.69) is 5.43 Å². The van der Waals surface area contributed by atoms with E-state index in [0.717, 1.165) is 0 Å². The Hall–Kier alpha value is -2.45. The normalized spacial score (nSPS) is 11.2. The predicted molar refractivity (Wildman–Crippen MR) is 79.6 cm³/mol. The molecule has 0 fully saturated rings. The van der Waals surface area contributed by atoms with Gasteiger partial charge in [0.05, 0.1) is 4.90 Å². The molecule has 1 amide bonds. The number of sulfonamides is 1. The number of nitrogens with zero attached hydrogens (tertiary/aromatic N) is 1. The van der Waals surface area contributed by atoms with Gasteiger partial charge in [-0.15, -0.1) is 4.83 Å². The topological polar surface area (TPSA) is 97.3 Å². The Kier molecular flexibility index (Phi) is 4.43. The van der Waals surface area contributed by atoms with Crippen LogP contribution in [0.25, 0.3) is 0 Å². The summed E-state index contributed by atoms with van der Waals surface area (Å²) in [5.74, 6) is -0.830. The number of hydrogen-bond donors (Lipinski definition) is 2. The quantitative estimate of drug-likeness (QED) is 0.630. The van der Waals surface area contributed by atoms with Crippen molar-refractivity contribution in [3.05, 3.63) is 53.9 Å². The summed E-state index contributed by atoms with van der Waals surface area (Å²) in [5.41, 5.74) is 2.71. The van der Waals surface area contributed by atoms with Gasteiger partial charge < -0.3 is 4.57 Å². The van der Waals surface area contributed by atoms with Gasteiger partial charge in [-0.2, -0.15) is 0 Å². The van der Waals surface area contributed by atoms with Crippen LogP contribution >= 0.6 is 0 Å². The van der Waals surface area contributed by atoms with Crippen LogP contribution in [0.4, 0.5) is 0 Å². The number of nitrogens with one attached hydrogen (secondary N) is 2. The molecule has 0 aliphatic carbocycles. The lowest BCUT2D eigenvalue weighted by atomic mass is 10.2. The van der Waals surface area contributed by atoms with Crippen LogP contribution in [0, 0.1) is 0 Å². The molecule has 0 saturated heterocycles. The van der Waals surface area contributed by atoms with Crippen LogP contribution in [0.3, 0.4) is 0 Å². The lowest BCUT2D eigenvalue weighted by molar-refractivity contribution is 0.0936. The summed E-state index contributed by atoms with van der Waals surface area (Å²) in [6.45, 7) is 1.34. The minimum Gasteiger partial charge on any atom is -0.347 e. The van der Waals surface area contributed by atoms with E-state index < -0.39 is 15.9 Å². The molecule has 1 aromatic carbocycles. The van der Waals surface area contributed by atoms with E-state index in [9.17, 15) is 18.0 Å². The second-order valence-electron chi connectivity index (χ2n) is 4.65. The zero-order valence-corrected chi connectivity index (χ0v) is 12.8. The molecule has 0 spiro atoms. The SMILES string of the molecule is CC(=O)c1cccc(S(=O)(=O)NNC(=O)c2cccn2C)c1. The fraction of sp³-hybridized carbons (Fsp3) is 0.143. The van der Waals surface area contributed by atoms with Crippen LogP contribution in [0.5, 0.6) is 0 Å². The van der Waals surface area contributed by atoms with Crippen LogP contribution < -0.4 is 10.3 Å². The van der Waals surface area contributed by atoms with E-state index in [1.54, 1.807) is 29.9 Å². The molecule has 22 heavy (non-hydrogen) atoms. The van der Waals surface area contributed by atoms with Gasteiger partial charge in [-0.25, -0.2) is 8.42 Å². The van der Waals surface area contributed by atoms with E-state index in [-0.39, 0.29) is 16.2 Å². The Morgan fingerprint density at radius 1 is 1.14 bits per heavy atom. The minimum atomic E-state index is -3.96. The van der Waals surface area contributed by atoms with Crippen molar-refractivity contribution >= 4 is 21.7 Å². The first-order valence-corrected chi connectivity index (χ1v) is 7.84. The number of carbonyl (C=O) groups excluding carboxylic acids is 2. The first-order chi connectivity index (χ1) is 10.3. The number of hydrogen-bond acceptors (Lipinski definition) is 4. The van der Waals surface area contributed by atoms with Crippen molar-refractivity contribution < 1.29 is 18.0 Å². The van der Waals surface area contributed by atoms with E-state index >= 15 is 0 Å². The van der Waals surface area contributed by atoms with Crippen molar-refractivity contribution in [2.45, 2.75) is 11.8 Å². The standard InChI is InChI=1S/C14H15N3O4S/c1-10(18)11-5-3-6-12(9-11)22(20,21)16-15-14(19)13-7-4-8-17(13)2/h3-9,16H,1-2H3,(H,15,19). The van der Waals surface area contributed by atoms with E-state index in [0.29, 0.717) is 5.69 Å². The maximum atomic E-state index is 12.1. The van der Waals surface area contributed by atoms with Gasteiger partial charge in [-0.1, -0.05) is 12.1 Å². The fourth-order valence-corrected chi connectivity index (χ4v) is 2.70.